The summed E-state index contributed by atoms with van der Waals surface area (Å²) in [5, 5.41) is 3.60. The van der Waals surface area contributed by atoms with Gasteiger partial charge in [0.05, 0.1) is 6.61 Å². The smallest absolute Gasteiger partial charge is 0.140 e. The van der Waals surface area contributed by atoms with Crippen molar-refractivity contribution in [2.24, 2.45) is 0 Å². The Bertz CT molecular complexity index is 664. The van der Waals surface area contributed by atoms with Gasteiger partial charge in [0.15, 0.2) is 0 Å². The van der Waals surface area contributed by atoms with E-state index in [2.05, 4.69) is 46.2 Å². The highest BCUT2D eigenvalue weighted by atomic mass is 16.5. The number of benzene rings is 1. The summed E-state index contributed by atoms with van der Waals surface area (Å²) in [6.07, 6.45) is 8.64. The van der Waals surface area contributed by atoms with Gasteiger partial charge in [0.1, 0.15) is 11.6 Å². The molecule has 2 aromatic rings. The average Bonchev–Trinajstić information content (AvgIpc) is 3.23. The number of nitrogens with one attached hydrogen (secondary N) is 1. The molecule has 1 N–H and O–H groups in total. The molecule has 2 aliphatic rings. The van der Waals surface area contributed by atoms with E-state index >= 15 is 0 Å². The van der Waals surface area contributed by atoms with Gasteiger partial charge in [-0.25, -0.2) is 4.98 Å². The van der Waals surface area contributed by atoms with Crippen LogP contribution >= 0.6 is 0 Å². The first kappa shape index (κ1) is 13.8. The number of piperidine rings is 1. The first-order valence-electron chi connectivity index (χ1n) is 8.37. The third-order valence-corrected chi connectivity index (χ3v) is 4.97. The van der Waals surface area contributed by atoms with Gasteiger partial charge in [-0.3, -0.25) is 0 Å². The summed E-state index contributed by atoms with van der Waals surface area (Å²) in [5.41, 5.74) is 2.52. The van der Waals surface area contributed by atoms with Gasteiger partial charge in [0.25, 0.3) is 0 Å². The lowest BCUT2D eigenvalue weighted by atomic mass is 9.97. The van der Waals surface area contributed by atoms with Crippen LogP contribution in [0.3, 0.4) is 0 Å². The molecule has 2 atom stereocenters. The zero-order chi connectivity index (χ0) is 14.9. The van der Waals surface area contributed by atoms with Gasteiger partial charge >= 0.3 is 0 Å². The SMILES string of the molecule is CC[C@H]1C[C@H](n2ccnc2-c2ccc3c(c2)CCO3)CCN1. The molecule has 0 amide bonds. The van der Waals surface area contributed by atoms with E-state index in [1.807, 2.05) is 6.20 Å². The maximum atomic E-state index is 5.61. The third-order valence-electron chi connectivity index (χ3n) is 4.97. The van der Waals surface area contributed by atoms with Crippen molar-refractivity contribution in [3.63, 3.8) is 0 Å². The number of imidazole rings is 1. The Balaban J connectivity index is 1.65. The Morgan fingerprint density at radius 2 is 2.36 bits per heavy atom. The second-order valence-corrected chi connectivity index (χ2v) is 6.32. The van der Waals surface area contributed by atoms with E-state index in [1.54, 1.807) is 0 Å². The highest BCUT2D eigenvalue weighted by molar-refractivity contribution is 5.60. The zero-order valence-corrected chi connectivity index (χ0v) is 13.1. The monoisotopic (exact) mass is 297 g/mol. The van der Waals surface area contributed by atoms with Crippen molar-refractivity contribution < 1.29 is 4.74 Å². The molecular formula is C18H23N3O. The van der Waals surface area contributed by atoms with Crippen LogP contribution in [0.2, 0.25) is 0 Å². The van der Waals surface area contributed by atoms with Crippen LogP contribution in [-0.2, 0) is 6.42 Å². The van der Waals surface area contributed by atoms with Gasteiger partial charge in [-0.1, -0.05) is 6.92 Å². The van der Waals surface area contributed by atoms with E-state index in [4.69, 9.17) is 4.74 Å². The van der Waals surface area contributed by atoms with Crippen LogP contribution in [0.5, 0.6) is 5.75 Å². The third kappa shape index (κ3) is 2.41. The van der Waals surface area contributed by atoms with Crippen molar-refractivity contribution in [1.82, 2.24) is 14.9 Å². The molecule has 4 heteroatoms. The van der Waals surface area contributed by atoms with Crippen molar-refractivity contribution >= 4 is 0 Å². The first-order chi connectivity index (χ1) is 10.8. The van der Waals surface area contributed by atoms with Gasteiger partial charge in [-0.15, -0.1) is 0 Å². The molecule has 4 nitrogen and oxygen atoms in total. The summed E-state index contributed by atoms with van der Waals surface area (Å²) < 4.78 is 7.99. The Morgan fingerprint density at radius 1 is 1.41 bits per heavy atom. The van der Waals surface area contributed by atoms with Crippen LogP contribution in [-0.4, -0.2) is 28.7 Å². The largest absolute Gasteiger partial charge is 0.493 e. The predicted octanol–water partition coefficient (Wildman–Crippen LogP) is 3.19. The quantitative estimate of drug-likeness (QED) is 0.945. The number of nitrogens with zero attached hydrogens (tertiary/aromatic N) is 2. The van der Waals surface area contributed by atoms with Crippen LogP contribution in [0.15, 0.2) is 30.6 Å². The second-order valence-electron chi connectivity index (χ2n) is 6.32. The molecule has 0 bridgehead atoms. The van der Waals surface area contributed by atoms with E-state index in [0.29, 0.717) is 12.1 Å². The van der Waals surface area contributed by atoms with Crippen LogP contribution in [0, 0.1) is 0 Å². The number of rotatable bonds is 3. The van der Waals surface area contributed by atoms with Crippen molar-refractivity contribution in [3.8, 4) is 17.1 Å². The summed E-state index contributed by atoms with van der Waals surface area (Å²) in [4.78, 5) is 4.64. The van der Waals surface area contributed by atoms with Gasteiger partial charge in [0, 0.05) is 36.5 Å². The highest BCUT2D eigenvalue weighted by Crippen LogP contribution is 2.32. The molecule has 1 fully saturated rings. The molecule has 0 unspecified atom stereocenters. The van der Waals surface area contributed by atoms with Crippen molar-refractivity contribution in [1.29, 1.82) is 0 Å². The number of ether oxygens (including phenoxy) is 1. The van der Waals surface area contributed by atoms with E-state index in [9.17, 15) is 0 Å². The molecular weight excluding hydrogens is 274 g/mol. The second kappa shape index (κ2) is 5.76. The normalized spacial score (nSPS) is 24.0. The first-order valence-corrected chi connectivity index (χ1v) is 8.37. The minimum atomic E-state index is 0.549. The average molecular weight is 297 g/mol. The lowest BCUT2D eigenvalue weighted by Crippen LogP contribution is -2.38. The number of fused-ring (bicyclic) bond motifs is 1. The van der Waals surface area contributed by atoms with E-state index < -0.39 is 0 Å². The Kier molecular flexibility index (Phi) is 3.62. The maximum absolute atomic E-state index is 5.61. The molecule has 116 valence electrons. The minimum Gasteiger partial charge on any atom is -0.493 e. The van der Waals surface area contributed by atoms with Crippen LogP contribution in [0.4, 0.5) is 0 Å². The summed E-state index contributed by atoms with van der Waals surface area (Å²) in [5.74, 6) is 2.13. The Morgan fingerprint density at radius 3 is 3.27 bits per heavy atom. The van der Waals surface area contributed by atoms with Crippen molar-refractivity contribution in [2.75, 3.05) is 13.2 Å². The highest BCUT2D eigenvalue weighted by Gasteiger charge is 2.24. The van der Waals surface area contributed by atoms with Gasteiger partial charge in [-0.2, -0.15) is 0 Å². The fourth-order valence-corrected chi connectivity index (χ4v) is 3.70. The molecule has 22 heavy (non-hydrogen) atoms. The lowest BCUT2D eigenvalue weighted by molar-refractivity contribution is 0.297. The van der Waals surface area contributed by atoms with Gasteiger partial charge in [0.2, 0.25) is 0 Å². The van der Waals surface area contributed by atoms with E-state index in [-0.39, 0.29) is 0 Å². The molecule has 3 heterocycles. The Labute approximate surface area is 131 Å². The number of hydrogen-bond donors (Lipinski definition) is 1. The molecule has 0 aliphatic carbocycles. The van der Waals surface area contributed by atoms with Gasteiger partial charge < -0.3 is 14.6 Å². The minimum absolute atomic E-state index is 0.549. The van der Waals surface area contributed by atoms with E-state index in [0.717, 1.165) is 31.1 Å². The van der Waals surface area contributed by atoms with Gasteiger partial charge in [-0.05, 0) is 49.6 Å². The van der Waals surface area contributed by atoms with Crippen molar-refractivity contribution in [2.45, 2.75) is 44.7 Å². The molecule has 2 aliphatic heterocycles. The number of hydrogen-bond acceptors (Lipinski definition) is 3. The standard InChI is InChI=1S/C18H23N3O/c1-2-15-12-16(5-7-19-15)21-9-8-20-18(21)14-3-4-17-13(11-14)6-10-22-17/h3-4,8-9,11,15-16,19H,2,5-7,10,12H2,1H3/t15-,16+/m0/s1. The lowest BCUT2D eigenvalue weighted by Gasteiger charge is -2.31. The fraction of sp³-hybridized carbons (Fsp3) is 0.500. The van der Waals surface area contributed by atoms with Crippen LogP contribution in [0.1, 0.15) is 37.8 Å². The molecule has 0 saturated carbocycles. The summed E-state index contributed by atoms with van der Waals surface area (Å²) >= 11 is 0. The topological polar surface area (TPSA) is 39.1 Å². The molecule has 1 aromatic heterocycles. The van der Waals surface area contributed by atoms with Crippen LogP contribution < -0.4 is 10.1 Å². The maximum Gasteiger partial charge on any atom is 0.140 e. The number of aromatic nitrogens is 2. The predicted molar refractivity (Wildman–Crippen MR) is 87.2 cm³/mol. The molecule has 1 saturated heterocycles. The molecule has 4 rings (SSSR count). The summed E-state index contributed by atoms with van der Waals surface area (Å²) in [6, 6.07) is 7.66. The molecule has 1 aromatic carbocycles. The van der Waals surface area contributed by atoms with E-state index in [1.165, 1.54) is 30.4 Å². The Hall–Kier alpha value is -1.81. The summed E-state index contributed by atoms with van der Waals surface area (Å²) in [6.45, 7) is 4.16. The summed E-state index contributed by atoms with van der Waals surface area (Å²) in [7, 11) is 0. The van der Waals surface area contributed by atoms with Crippen molar-refractivity contribution in [3.05, 3.63) is 36.2 Å². The zero-order valence-electron chi connectivity index (χ0n) is 13.1. The molecule has 0 spiro atoms. The molecule has 0 radical (unpaired) electrons. The van der Waals surface area contributed by atoms with Crippen LogP contribution in [0.25, 0.3) is 11.4 Å². The fourth-order valence-electron chi connectivity index (χ4n) is 3.70.